The predicted octanol–water partition coefficient (Wildman–Crippen LogP) is 1.97. The molecule has 16 heavy (non-hydrogen) atoms. The number of aryl methyl sites for hydroxylation is 1. The number of H-pyrrole nitrogens is 1. The Morgan fingerprint density at radius 1 is 1.44 bits per heavy atom. The molecule has 0 aliphatic carbocycles. The molecule has 0 atom stereocenters. The van der Waals surface area contributed by atoms with E-state index in [1.165, 1.54) is 6.07 Å². The molecule has 0 unspecified atom stereocenters. The van der Waals surface area contributed by atoms with Crippen LogP contribution in [-0.2, 0) is 0 Å². The van der Waals surface area contributed by atoms with E-state index in [1.807, 2.05) is 20.8 Å². The van der Waals surface area contributed by atoms with Gasteiger partial charge in [-0.3, -0.25) is 9.59 Å². The van der Waals surface area contributed by atoms with Gasteiger partial charge in [-0.2, -0.15) is 0 Å². The first kappa shape index (κ1) is 13.0. The highest BCUT2D eigenvalue weighted by Crippen LogP contribution is 2.13. The monoisotopic (exact) mass is 286 g/mol. The number of aromatic nitrogens is 1. The van der Waals surface area contributed by atoms with Crippen molar-refractivity contribution in [1.82, 2.24) is 10.3 Å². The number of amides is 1. The highest BCUT2D eigenvalue weighted by atomic mass is 79.9. The lowest BCUT2D eigenvalue weighted by Gasteiger charge is -2.20. The summed E-state index contributed by atoms with van der Waals surface area (Å²) in [5.41, 5.74) is 0.0908. The number of hydrogen-bond donors (Lipinski definition) is 2. The summed E-state index contributed by atoms with van der Waals surface area (Å²) in [6, 6.07) is 1.54. The van der Waals surface area contributed by atoms with Crippen LogP contribution < -0.4 is 10.9 Å². The van der Waals surface area contributed by atoms with E-state index in [0.717, 1.165) is 0 Å². The highest BCUT2D eigenvalue weighted by molar-refractivity contribution is 9.10. The number of nitrogens with one attached hydrogen (secondary N) is 2. The molecule has 0 aliphatic heterocycles. The number of hydrogen-bond acceptors (Lipinski definition) is 2. The summed E-state index contributed by atoms with van der Waals surface area (Å²) >= 11 is 3.28. The second-order valence-corrected chi connectivity index (χ2v) is 5.54. The smallest absolute Gasteiger partial charge is 0.261 e. The molecule has 1 aromatic heterocycles. The molecule has 0 aromatic carbocycles. The minimum atomic E-state index is -0.373. The zero-order chi connectivity index (χ0) is 12.5. The second kappa shape index (κ2) is 4.41. The van der Waals surface area contributed by atoms with E-state index in [4.69, 9.17) is 0 Å². The lowest BCUT2D eigenvalue weighted by atomic mass is 10.1. The van der Waals surface area contributed by atoms with E-state index >= 15 is 0 Å². The molecule has 0 aliphatic rings. The zero-order valence-corrected chi connectivity index (χ0v) is 11.4. The third-order valence-corrected chi connectivity index (χ3v) is 2.73. The largest absolute Gasteiger partial charge is 0.347 e. The van der Waals surface area contributed by atoms with Crippen molar-refractivity contribution >= 4 is 21.8 Å². The quantitative estimate of drug-likeness (QED) is 0.829. The number of aromatic amines is 1. The normalized spacial score (nSPS) is 11.3. The Bertz CT molecular complexity index is 472. The van der Waals surface area contributed by atoms with Gasteiger partial charge in [-0.1, -0.05) is 0 Å². The van der Waals surface area contributed by atoms with Gasteiger partial charge in [-0.15, -0.1) is 0 Å². The van der Waals surface area contributed by atoms with E-state index in [9.17, 15) is 9.59 Å². The van der Waals surface area contributed by atoms with E-state index in [-0.39, 0.29) is 22.6 Å². The molecule has 0 spiro atoms. The van der Waals surface area contributed by atoms with Crippen LogP contribution in [0, 0.1) is 6.92 Å². The van der Waals surface area contributed by atoms with Crippen molar-refractivity contribution in [3.63, 3.8) is 0 Å². The zero-order valence-electron chi connectivity index (χ0n) is 9.77. The molecule has 5 heteroatoms. The lowest BCUT2D eigenvalue weighted by Crippen LogP contribution is -2.42. The topological polar surface area (TPSA) is 62.0 Å². The van der Waals surface area contributed by atoms with Crippen LogP contribution >= 0.6 is 15.9 Å². The first-order valence-corrected chi connectivity index (χ1v) is 5.72. The SMILES string of the molecule is Cc1[nH]c(=O)c(C(=O)NC(C)(C)C)cc1Br. The van der Waals surface area contributed by atoms with Crippen LogP contribution in [0.4, 0.5) is 0 Å². The minimum Gasteiger partial charge on any atom is -0.347 e. The number of pyridine rings is 1. The Balaban J connectivity index is 3.10. The summed E-state index contributed by atoms with van der Waals surface area (Å²) < 4.78 is 0.714. The average Bonchev–Trinajstić information content (AvgIpc) is 2.08. The maximum Gasteiger partial charge on any atom is 0.261 e. The van der Waals surface area contributed by atoms with Crippen molar-refractivity contribution in [3.8, 4) is 0 Å². The Kier molecular flexibility index (Phi) is 3.57. The van der Waals surface area contributed by atoms with E-state index in [0.29, 0.717) is 10.2 Å². The molecule has 0 radical (unpaired) electrons. The van der Waals surface area contributed by atoms with Crippen LogP contribution in [0.2, 0.25) is 0 Å². The standard InChI is InChI=1S/C11H15BrN2O2/c1-6-8(12)5-7(9(15)13-6)10(16)14-11(2,3)4/h5H,1-4H3,(H,13,15)(H,14,16). The predicted molar refractivity (Wildman–Crippen MR) is 66.7 cm³/mol. The van der Waals surface area contributed by atoms with Crippen LogP contribution in [0.15, 0.2) is 15.3 Å². The third-order valence-electron chi connectivity index (χ3n) is 1.91. The van der Waals surface area contributed by atoms with Crippen molar-refractivity contribution in [3.05, 3.63) is 32.2 Å². The number of halogens is 1. The number of rotatable bonds is 1. The molecule has 1 rings (SSSR count). The van der Waals surface area contributed by atoms with Crippen LogP contribution in [0.5, 0.6) is 0 Å². The van der Waals surface area contributed by atoms with Gasteiger partial charge >= 0.3 is 0 Å². The summed E-state index contributed by atoms with van der Waals surface area (Å²) in [5, 5.41) is 2.74. The molecular weight excluding hydrogens is 272 g/mol. The Hall–Kier alpha value is -1.10. The summed E-state index contributed by atoms with van der Waals surface area (Å²) in [6.45, 7) is 7.35. The van der Waals surface area contributed by atoms with Gasteiger partial charge in [0.05, 0.1) is 0 Å². The lowest BCUT2D eigenvalue weighted by molar-refractivity contribution is 0.0918. The van der Waals surface area contributed by atoms with Gasteiger partial charge in [0, 0.05) is 15.7 Å². The van der Waals surface area contributed by atoms with Crippen LogP contribution in [0.1, 0.15) is 36.8 Å². The van der Waals surface area contributed by atoms with E-state index in [1.54, 1.807) is 6.92 Å². The molecule has 2 N–H and O–H groups in total. The maximum absolute atomic E-state index is 11.8. The highest BCUT2D eigenvalue weighted by Gasteiger charge is 2.18. The first-order valence-electron chi connectivity index (χ1n) is 4.92. The summed E-state index contributed by atoms with van der Waals surface area (Å²) in [7, 11) is 0. The molecule has 88 valence electrons. The Morgan fingerprint density at radius 2 is 2.00 bits per heavy atom. The van der Waals surface area contributed by atoms with E-state index < -0.39 is 0 Å². The minimum absolute atomic E-state index is 0.118. The fourth-order valence-corrected chi connectivity index (χ4v) is 1.50. The van der Waals surface area contributed by atoms with Crippen molar-refractivity contribution < 1.29 is 4.79 Å². The molecule has 0 fully saturated rings. The fourth-order valence-electron chi connectivity index (χ4n) is 1.17. The van der Waals surface area contributed by atoms with Crippen LogP contribution in [0.3, 0.4) is 0 Å². The first-order chi connectivity index (χ1) is 7.20. The van der Waals surface area contributed by atoms with Crippen molar-refractivity contribution in [2.24, 2.45) is 0 Å². The number of carbonyl (C=O) groups excluding carboxylic acids is 1. The average molecular weight is 287 g/mol. The van der Waals surface area contributed by atoms with Crippen molar-refractivity contribution in [2.75, 3.05) is 0 Å². The van der Waals surface area contributed by atoms with Gasteiger partial charge in [-0.25, -0.2) is 0 Å². The Morgan fingerprint density at radius 3 is 2.50 bits per heavy atom. The third kappa shape index (κ3) is 3.20. The van der Waals surface area contributed by atoms with Crippen LogP contribution in [0.25, 0.3) is 0 Å². The molecular formula is C11H15BrN2O2. The van der Waals surface area contributed by atoms with Gasteiger partial charge in [0.25, 0.3) is 11.5 Å². The van der Waals surface area contributed by atoms with Gasteiger partial charge in [0.15, 0.2) is 0 Å². The molecule has 1 amide bonds. The van der Waals surface area contributed by atoms with Gasteiger partial charge in [0.1, 0.15) is 5.56 Å². The molecule has 1 aromatic rings. The molecule has 0 saturated heterocycles. The van der Waals surface area contributed by atoms with Gasteiger partial charge < -0.3 is 10.3 Å². The number of carbonyl (C=O) groups is 1. The second-order valence-electron chi connectivity index (χ2n) is 4.69. The van der Waals surface area contributed by atoms with Crippen LogP contribution in [-0.4, -0.2) is 16.4 Å². The van der Waals surface area contributed by atoms with E-state index in [2.05, 4.69) is 26.2 Å². The summed E-state index contributed by atoms with van der Waals surface area (Å²) in [5.74, 6) is -0.366. The van der Waals surface area contributed by atoms with Gasteiger partial charge in [-0.05, 0) is 49.7 Å². The molecule has 0 bridgehead atoms. The van der Waals surface area contributed by atoms with Crippen molar-refractivity contribution in [2.45, 2.75) is 33.2 Å². The Labute approximate surface area is 103 Å². The summed E-state index contributed by atoms with van der Waals surface area (Å²) in [4.78, 5) is 26.0. The molecule has 1 heterocycles. The molecule has 0 saturated carbocycles. The van der Waals surface area contributed by atoms with Crippen molar-refractivity contribution in [1.29, 1.82) is 0 Å². The maximum atomic E-state index is 11.8. The van der Waals surface area contributed by atoms with Gasteiger partial charge in [0.2, 0.25) is 0 Å². The summed E-state index contributed by atoms with van der Waals surface area (Å²) in [6.07, 6.45) is 0. The molecule has 4 nitrogen and oxygen atoms in total. The fraction of sp³-hybridized carbons (Fsp3) is 0.455.